The zero-order valence-corrected chi connectivity index (χ0v) is 58.2. The highest BCUT2D eigenvalue weighted by Gasteiger charge is 2.55. The normalized spacial score (nSPS) is 15.7. The van der Waals surface area contributed by atoms with Crippen LogP contribution in [-0.4, -0.2) is 146 Å². The summed E-state index contributed by atoms with van der Waals surface area (Å²) >= 11 is 10.2. The van der Waals surface area contributed by atoms with Crippen LogP contribution >= 0.6 is 46.9 Å². The number of pyridine rings is 2. The predicted octanol–water partition coefficient (Wildman–Crippen LogP) is 15.9. The monoisotopic (exact) mass is 1470 g/mol. The second kappa shape index (κ2) is 29.4. The van der Waals surface area contributed by atoms with Gasteiger partial charge in [-0.3, -0.25) is 29.9 Å². The van der Waals surface area contributed by atoms with E-state index in [2.05, 4.69) is 92.7 Å². The number of nitrogens with zero attached hydrogens (tertiary/aromatic N) is 14. The Morgan fingerprint density at radius 1 is 0.539 bits per heavy atom. The maximum absolute atomic E-state index is 14.9. The Labute approximate surface area is 607 Å². The Bertz CT molecular complexity index is 4870. The Morgan fingerprint density at radius 2 is 1.01 bits per heavy atom. The third-order valence-electron chi connectivity index (χ3n) is 17.1. The predicted molar refractivity (Wildman–Crippen MR) is 396 cm³/mol. The highest BCUT2D eigenvalue weighted by Crippen LogP contribution is 2.50. The first-order valence-electron chi connectivity index (χ1n) is 32.7. The van der Waals surface area contributed by atoms with E-state index in [-0.39, 0.29) is 45.0 Å². The van der Waals surface area contributed by atoms with Crippen LogP contribution in [0, 0.1) is 32.6 Å². The van der Waals surface area contributed by atoms with Gasteiger partial charge in [-0.15, -0.1) is 0 Å². The number of hydrogen-bond acceptors (Lipinski definition) is 22. The van der Waals surface area contributed by atoms with Gasteiger partial charge in [0.1, 0.15) is 58.6 Å². The molecule has 3 aliphatic heterocycles. The number of H-pyrrole nitrogens is 3. The molecule has 16 rings (SSSR count). The van der Waals surface area contributed by atoms with Gasteiger partial charge >= 0.3 is 6.18 Å². The van der Waals surface area contributed by atoms with Crippen LogP contribution in [0.4, 0.5) is 80.1 Å². The van der Waals surface area contributed by atoms with Crippen LogP contribution in [0.25, 0.3) is 10.9 Å². The molecular weight excluding hydrogens is 1400 g/mol. The Hall–Kier alpha value is -10.2. The maximum Gasteiger partial charge on any atom is 0.405 e. The van der Waals surface area contributed by atoms with Crippen molar-refractivity contribution in [3.8, 4) is 0 Å². The molecule has 11 heterocycles. The summed E-state index contributed by atoms with van der Waals surface area (Å²) in [5, 5.41) is 38.5. The Morgan fingerprint density at radius 3 is 1.47 bits per heavy atom. The molecule has 0 unspecified atom stereocenters. The van der Waals surface area contributed by atoms with Crippen molar-refractivity contribution < 1.29 is 40.1 Å². The number of halogens is 6. The molecule has 0 spiro atoms. The molecule has 2 aliphatic carbocycles. The third kappa shape index (κ3) is 17.4. The van der Waals surface area contributed by atoms with Gasteiger partial charge < -0.3 is 41.3 Å². The van der Waals surface area contributed by atoms with Crippen molar-refractivity contribution in [3.05, 3.63) is 173 Å². The number of anilines is 10. The molecule has 0 radical (unpaired) electrons. The van der Waals surface area contributed by atoms with Gasteiger partial charge in [0.25, 0.3) is 11.8 Å². The van der Waals surface area contributed by atoms with E-state index in [1.165, 1.54) is 47.4 Å². The van der Waals surface area contributed by atoms with Crippen LogP contribution in [0.3, 0.4) is 0 Å². The van der Waals surface area contributed by atoms with Crippen molar-refractivity contribution in [2.45, 2.75) is 101 Å². The Kier molecular flexibility index (Phi) is 19.9. The van der Waals surface area contributed by atoms with E-state index >= 15 is 0 Å². The molecule has 102 heavy (non-hydrogen) atoms. The number of rotatable bonds is 21. The first-order valence-corrected chi connectivity index (χ1v) is 35.5. The number of para-hydroxylation sites is 1. The molecule has 5 aliphatic rings. The second-order valence-electron chi connectivity index (χ2n) is 25.3. The van der Waals surface area contributed by atoms with Crippen LogP contribution in [-0.2, 0) is 0 Å². The van der Waals surface area contributed by atoms with Crippen molar-refractivity contribution in [2.24, 2.45) is 11.8 Å². The van der Waals surface area contributed by atoms with Gasteiger partial charge in [0.2, 0.25) is 0 Å². The smallest absolute Gasteiger partial charge is 0.356 e. The fraction of sp³-hybridized carbons (Fsp3) is 0.290. The molecule has 536 valence electrons. The number of aryl methyl sites for hydroxylation is 3. The minimum atomic E-state index is -4.48. The van der Waals surface area contributed by atoms with Gasteiger partial charge in [0.05, 0.1) is 42.3 Å². The fourth-order valence-electron chi connectivity index (χ4n) is 11.4. The molecule has 8 N–H and O–H groups in total. The highest BCUT2D eigenvalue weighted by molar-refractivity contribution is 7.99. The summed E-state index contributed by atoms with van der Waals surface area (Å²) < 4.78 is 66.9. The summed E-state index contributed by atoms with van der Waals surface area (Å²) in [4.78, 5) is 69.7. The van der Waals surface area contributed by atoms with E-state index in [9.17, 15) is 31.5 Å². The molecule has 2 amide bonds. The van der Waals surface area contributed by atoms with Crippen LogP contribution in [0.2, 0.25) is 5.02 Å². The van der Waals surface area contributed by atoms with Crippen molar-refractivity contribution in [3.63, 3.8) is 0 Å². The number of aromatic amines is 3. The number of alkyl halides is 5. The number of amides is 2. The first-order chi connectivity index (χ1) is 49.1. The van der Waals surface area contributed by atoms with Crippen LogP contribution in [0.1, 0.15) is 78.5 Å². The quantitative estimate of drug-likeness (QED) is 0.0245. The van der Waals surface area contributed by atoms with Crippen LogP contribution < -0.4 is 41.3 Å². The second-order valence-corrected chi connectivity index (χ2v) is 28.9. The van der Waals surface area contributed by atoms with Gasteiger partial charge in [-0.05, 0) is 161 Å². The number of aromatic nitrogens is 14. The van der Waals surface area contributed by atoms with Gasteiger partial charge in [-0.2, -0.15) is 28.5 Å². The average Bonchev–Trinajstić information content (AvgIpc) is 1.53. The fourth-order valence-corrected chi connectivity index (χ4v) is 13.9. The van der Waals surface area contributed by atoms with Gasteiger partial charge in [0, 0.05) is 113 Å². The number of carbonyl (C=O) groups excluding carboxylic acids is 2. The molecule has 11 aromatic rings. The molecule has 0 bridgehead atoms. The SMILES string of the molecule is Cc1cc(Nc2cc(N3CC(F)(C4CC4)C3)nc(Sc3ccc(C(=O)NCC(F)(F)F)cc3)n2)n[nH]1.Cc1cc(Nc2cc(N3CC(F)(C4CC4)C3)nc(Sc3cnc4ccccc4c3)n2)n[nH]1.Cc1cc(Nc2cc(N3CCC3)nc(Sc3ccc(NC(=O)c4ccccc4Cl)nc3)n2)n[nH]1.[HH].[HH].[HH].[HH].[HH].[HH]. The number of nitrogens with one attached hydrogen (secondary N) is 8. The lowest BCUT2D eigenvalue weighted by Crippen LogP contribution is -2.60. The van der Waals surface area contributed by atoms with E-state index in [1.54, 1.807) is 54.7 Å². The molecule has 0 atom stereocenters. The lowest BCUT2D eigenvalue weighted by molar-refractivity contribution is -0.123. The van der Waals surface area contributed by atoms with Gasteiger partial charge in [0.15, 0.2) is 32.9 Å². The van der Waals surface area contributed by atoms with E-state index in [0.29, 0.717) is 90.6 Å². The topological polar surface area (TPSA) is 293 Å². The number of hydrogen-bond donors (Lipinski definition) is 8. The summed E-state index contributed by atoms with van der Waals surface area (Å²) in [5.41, 5.74) is 1.98. The molecule has 2 saturated carbocycles. The molecule has 3 aromatic carbocycles. The summed E-state index contributed by atoms with van der Waals surface area (Å²) in [6, 6.07) is 37.8. The average molecular weight is 1470 g/mol. The number of fused-ring (bicyclic) bond motifs is 1. The van der Waals surface area contributed by atoms with E-state index in [0.717, 1.165) is 94.6 Å². The molecule has 24 nitrogen and oxygen atoms in total. The standard InChI is InChI=1S/C23H21ClN8OS.C23H23F4N7OS.C23H22FN7S.6H2/c1-14-11-20(31-30-14)26-19-12-21(32-9-4-10-32)29-23(28-19)34-15-7-8-18(25-13-15)27-22(33)16-5-2-3-6-17(16)24;1-13-8-18(33-32-13)29-17-9-19(34-11-22(24,12-34)15-4-5-15)31-21(30-17)36-16-6-2-14(3-7-16)20(35)28-10-23(25,26)27;1-14-8-20(30-29-14)26-19-10-21(31-12-23(24,13-31)16-6-7-16)28-22(27-19)32-17-9-15-4-2-3-5-18(15)25-11-17;;;;;;/h2-3,5-8,11-13H,4,9-10H2,1H3,(H,25,27,33)(H2,26,28,29,30,31);2-3,6-9,15H,4-5,10-12H2,1H3,(H,28,35)(H2,29,30,31,32,33);2-5,8-11,16H,6-7,12-13H2,1H3,(H2,26,27,28,29,30);6*1H. The molecule has 8 aromatic heterocycles. The number of carbonyl (C=O) groups is 2. The molecule has 5 fully saturated rings. The van der Waals surface area contributed by atoms with E-state index < -0.39 is 30.0 Å². The molecule has 3 saturated heterocycles. The largest absolute Gasteiger partial charge is 0.405 e. The summed E-state index contributed by atoms with van der Waals surface area (Å²) in [6.45, 7) is 7.64. The van der Waals surface area contributed by atoms with Gasteiger partial charge in [-0.25, -0.2) is 43.7 Å². The zero-order valence-electron chi connectivity index (χ0n) is 55.0. The number of benzene rings is 3. The van der Waals surface area contributed by atoms with Crippen molar-refractivity contribution in [1.29, 1.82) is 0 Å². The first kappa shape index (κ1) is 68.9. The third-order valence-corrected chi connectivity index (χ3v) is 19.9. The van der Waals surface area contributed by atoms with Crippen molar-refractivity contribution in [1.82, 2.24) is 75.8 Å². The van der Waals surface area contributed by atoms with Crippen molar-refractivity contribution in [2.75, 3.05) is 81.8 Å². The summed E-state index contributed by atoms with van der Waals surface area (Å²) in [6.07, 6.45) is 4.01. The Balaban J connectivity index is 0.000000199. The van der Waals surface area contributed by atoms with E-state index in [1.807, 2.05) is 103 Å². The minimum absolute atomic E-state index is 0. The summed E-state index contributed by atoms with van der Waals surface area (Å²) in [7, 11) is 0. The molecule has 33 heteroatoms. The van der Waals surface area contributed by atoms with Crippen LogP contribution in [0.5, 0.6) is 0 Å². The van der Waals surface area contributed by atoms with Crippen LogP contribution in [0.15, 0.2) is 170 Å². The maximum atomic E-state index is 14.9. The lowest BCUT2D eigenvalue weighted by atomic mass is 9.91. The minimum Gasteiger partial charge on any atom is -0.356 e. The zero-order chi connectivity index (χ0) is 70.7. The van der Waals surface area contributed by atoms with Gasteiger partial charge in [-0.1, -0.05) is 41.9 Å². The van der Waals surface area contributed by atoms with E-state index in [4.69, 9.17) is 21.6 Å². The lowest BCUT2D eigenvalue weighted by Gasteiger charge is -2.45. The molecular formula is C69H78ClF5N22O2S3. The summed E-state index contributed by atoms with van der Waals surface area (Å²) in [5.74, 6) is 5.55. The van der Waals surface area contributed by atoms with Crippen molar-refractivity contribution >= 4 is 128 Å². The highest BCUT2D eigenvalue weighted by atomic mass is 35.5.